The molecule has 2 heterocycles. The monoisotopic (exact) mass is 517 g/mol. The minimum Gasteiger partial charge on any atom is -0.494 e. The molecule has 0 bridgehead atoms. The summed E-state index contributed by atoms with van der Waals surface area (Å²) in [7, 11) is -4.29. The van der Waals surface area contributed by atoms with Crippen LogP contribution in [-0.2, 0) is 21.2 Å². The lowest BCUT2D eigenvalue weighted by Gasteiger charge is -2.36. The maximum Gasteiger partial charge on any atom is 0.432 e. The van der Waals surface area contributed by atoms with E-state index in [4.69, 9.17) is 19.4 Å². The van der Waals surface area contributed by atoms with Crippen LogP contribution in [0, 0.1) is 12.7 Å². The van der Waals surface area contributed by atoms with Gasteiger partial charge in [-0.05, 0) is 67.8 Å². The van der Waals surface area contributed by atoms with Crippen LogP contribution in [0.5, 0.6) is 17.4 Å². The van der Waals surface area contributed by atoms with Gasteiger partial charge in [-0.25, -0.2) is 28.1 Å². The molecule has 36 heavy (non-hydrogen) atoms. The standard InChI is InChI=1S/C24H24FN3O7S/c1-3-33-16-5-7-17(8-6-16)34-21-11-9-18(14-26-21)36(31,32)28-13-12-19-15(2)4-10-20(25)22(19)23(28)35-24(29)27-30/h4-11,14,23,30H,3,12-13H2,1-2H3,(H,27,29). The molecule has 0 saturated heterocycles. The van der Waals surface area contributed by atoms with Crippen molar-refractivity contribution in [3.63, 3.8) is 0 Å². The van der Waals surface area contributed by atoms with E-state index in [0.29, 0.717) is 23.7 Å². The summed E-state index contributed by atoms with van der Waals surface area (Å²) in [6, 6.07) is 12.2. The first-order valence-electron chi connectivity index (χ1n) is 11.0. The van der Waals surface area contributed by atoms with Crippen molar-refractivity contribution in [2.45, 2.75) is 31.4 Å². The van der Waals surface area contributed by atoms with Gasteiger partial charge in [-0.1, -0.05) is 6.07 Å². The van der Waals surface area contributed by atoms with Gasteiger partial charge in [-0.3, -0.25) is 5.21 Å². The van der Waals surface area contributed by atoms with Gasteiger partial charge in [0.1, 0.15) is 22.2 Å². The summed E-state index contributed by atoms with van der Waals surface area (Å²) >= 11 is 0. The van der Waals surface area contributed by atoms with Gasteiger partial charge in [0.15, 0.2) is 6.23 Å². The Hall–Kier alpha value is -3.74. The normalized spacial score (nSPS) is 15.6. The molecule has 2 aromatic carbocycles. The van der Waals surface area contributed by atoms with Gasteiger partial charge in [0.2, 0.25) is 15.9 Å². The molecular formula is C24H24FN3O7S. The van der Waals surface area contributed by atoms with Crippen molar-refractivity contribution < 1.29 is 37.0 Å². The molecule has 0 radical (unpaired) electrons. The highest BCUT2D eigenvalue weighted by molar-refractivity contribution is 7.89. The number of nitrogens with zero attached hydrogens (tertiary/aromatic N) is 2. The number of benzene rings is 2. The molecule has 0 fully saturated rings. The van der Waals surface area contributed by atoms with Crippen molar-refractivity contribution in [2.75, 3.05) is 13.2 Å². The summed E-state index contributed by atoms with van der Waals surface area (Å²) in [6.07, 6.45) is -1.66. The van der Waals surface area contributed by atoms with E-state index in [9.17, 15) is 17.6 Å². The zero-order valence-electron chi connectivity index (χ0n) is 19.5. The Morgan fingerprint density at radius 2 is 1.89 bits per heavy atom. The topological polar surface area (TPSA) is 127 Å². The number of aryl methyl sites for hydroxylation is 1. The maximum absolute atomic E-state index is 14.8. The largest absolute Gasteiger partial charge is 0.494 e. The zero-order chi connectivity index (χ0) is 25.9. The molecule has 1 aliphatic heterocycles. The summed E-state index contributed by atoms with van der Waals surface area (Å²) in [6.45, 7) is 4.06. The van der Waals surface area contributed by atoms with Crippen LogP contribution in [0.4, 0.5) is 9.18 Å². The zero-order valence-corrected chi connectivity index (χ0v) is 20.3. The molecule has 1 amide bonds. The second-order valence-corrected chi connectivity index (χ2v) is 9.72. The van der Waals surface area contributed by atoms with Gasteiger partial charge in [-0.15, -0.1) is 0 Å². The van der Waals surface area contributed by atoms with Crippen LogP contribution >= 0.6 is 0 Å². The van der Waals surface area contributed by atoms with Crippen LogP contribution in [0.3, 0.4) is 0 Å². The molecule has 12 heteroatoms. The second kappa shape index (κ2) is 10.5. The van der Waals surface area contributed by atoms with E-state index >= 15 is 0 Å². The van der Waals surface area contributed by atoms with Gasteiger partial charge in [-0.2, -0.15) is 4.31 Å². The van der Waals surface area contributed by atoms with Crippen molar-refractivity contribution >= 4 is 16.1 Å². The number of halogens is 1. The number of aromatic nitrogens is 1. The summed E-state index contributed by atoms with van der Waals surface area (Å²) in [4.78, 5) is 15.7. The molecule has 1 atom stereocenters. The lowest BCUT2D eigenvalue weighted by atomic mass is 9.94. The van der Waals surface area contributed by atoms with Gasteiger partial charge >= 0.3 is 6.09 Å². The third kappa shape index (κ3) is 5.10. The van der Waals surface area contributed by atoms with Gasteiger partial charge in [0.05, 0.1) is 12.8 Å². The SMILES string of the molecule is CCOc1ccc(Oc2ccc(S(=O)(=O)N3CCc4c(C)ccc(F)c4C3OC(=O)NO)cn2)cc1. The summed E-state index contributed by atoms with van der Waals surface area (Å²) in [5.41, 5.74) is 2.46. The molecular weight excluding hydrogens is 493 g/mol. The fourth-order valence-electron chi connectivity index (χ4n) is 3.93. The maximum atomic E-state index is 14.8. The number of ether oxygens (including phenoxy) is 3. The quantitative estimate of drug-likeness (QED) is 0.355. The number of carbonyl (C=O) groups is 1. The van der Waals surface area contributed by atoms with Crippen molar-refractivity contribution in [1.82, 2.24) is 14.8 Å². The summed E-state index contributed by atoms with van der Waals surface area (Å²) in [5, 5.41) is 8.92. The number of nitrogens with one attached hydrogen (secondary N) is 1. The number of fused-ring (bicyclic) bond motifs is 1. The smallest absolute Gasteiger partial charge is 0.432 e. The highest BCUT2D eigenvalue weighted by atomic mass is 32.2. The first-order chi connectivity index (χ1) is 17.2. The lowest BCUT2D eigenvalue weighted by molar-refractivity contribution is 0.000329. The van der Waals surface area contributed by atoms with E-state index in [-0.39, 0.29) is 29.3 Å². The van der Waals surface area contributed by atoms with Crippen molar-refractivity contribution in [3.05, 3.63) is 77.2 Å². The number of sulfonamides is 1. The van der Waals surface area contributed by atoms with Crippen LogP contribution in [0.25, 0.3) is 0 Å². The number of pyridine rings is 1. The van der Waals surface area contributed by atoms with Crippen molar-refractivity contribution in [1.29, 1.82) is 0 Å². The fourth-order valence-corrected chi connectivity index (χ4v) is 5.35. The number of rotatable bonds is 7. The Bertz CT molecular complexity index is 1350. The predicted molar refractivity (Wildman–Crippen MR) is 125 cm³/mol. The van der Waals surface area contributed by atoms with E-state index in [2.05, 4.69) is 4.98 Å². The van der Waals surface area contributed by atoms with Crippen molar-refractivity contribution in [3.8, 4) is 17.4 Å². The van der Waals surface area contributed by atoms with Crippen LogP contribution < -0.4 is 15.0 Å². The third-order valence-electron chi connectivity index (χ3n) is 5.61. The van der Waals surface area contributed by atoms with E-state index in [1.165, 1.54) is 23.7 Å². The number of hydroxylamine groups is 1. The number of hydrogen-bond acceptors (Lipinski definition) is 8. The van der Waals surface area contributed by atoms with Crippen LogP contribution in [-0.4, -0.2) is 42.2 Å². The number of amides is 1. The highest BCUT2D eigenvalue weighted by Crippen LogP contribution is 2.38. The average molecular weight is 518 g/mol. The van der Waals surface area contributed by atoms with Crippen LogP contribution in [0.15, 0.2) is 59.6 Å². The minimum absolute atomic E-state index is 0.0863. The molecule has 1 aromatic heterocycles. The Morgan fingerprint density at radius 3 is 2.53 bits per heavy atom. The Morgan fingerprint density at radius 1 is 1.17 bits per heavy atom. The van der Waals surface area contributed by atoms with Crippen LogP contribution in [0.2, 0.25) is 0 Å². The lowest BCUT2D eigenvalue weighted by Crippen LogP contribution is -2.43. The predicted octanol–water partition coefficient (Wildman–Crippen LogP) is 4.08. The molecule has 0 spiro atoms. The summed E-state index contributed by atoms with van der Waals surface area (Å²) in [5.74, 6) is 0.573. The Labute approximate surface area is 207 Å². The van der Waals surface area contributed by atoms with Gasteiger partial charge in [0.25, 0.3) is 0 Å². The number of hydrogen-bond donors (Lipinski definition) is 2. The van der Waals surface area contributed by atoms with E-state index in [1.54, 1.807) is 37.3 Å². The first kappa shape index (κ1) is 25.4. The van der Waals surface area contributed by atoms with E-state index in [0.717, 1.165) is 16.1 Å². The molecule has 10 nitrogen and oxygen atoms in total. The molecule has 190 valence electrons. The molecule has 1 unspecified atom stereocenters. The molecule has 1 aliphatic rings. The van der Waals surface area contributed by atoms with E-state index in [1.807, 2.05) is 6.92 Å². The molecule has 2 N–H and O–H groups in total. The minimum atomic E-state index is -4.29. The molecule has 0 aliphatic carbocycles. The van der Waals surface area contributed by atoms with Gasteiger partial charge in [0, 0.05) is 18.2 Å². The Kier molecular flexibility index (Phi) is 7.38. The average Bonchev–Trinajstić information content (AvgIpc) is 2.87. The first-order valence-corrected chi connectivity index (χ1v) is 12.5. The molecule has 3 aromatic rings. The second-order valence-electron chi connectivity index (χ2n) is 7.83. The van der Waals surface area contributed by atoms with Crippen molar-refractivity contribution in [2.24, 2.45) is 0 Å². The number of carbonyl (C=O) groups excluding carboxylic acids is 1. The van der Waals surface area contributed by atoms with Crippen LogP contribution in [0.1, 0.15) is 29.8 Å². The molecule has 0 saturated carbocycles. The Balaban J connectivity index is 1.61. The third-order valence-corrected chi connectivity index (χ3v) is 7.44. The molecule has 4 rings (SSSR count). The van der Waals surface area contributed by atoms with Gasteiger partial charge < -0.3 is 14.2 Å². The fraction of sp³-hybridized carbons (Fsp3) is 0.250. The highest BCUT2D eigenvalue weighted by Gasteiger charge is 2.41. The summed E-state index contributed by atoms with van der Waals surface area (Å²) < 4.78 is 58.8. The van der Waals surface area contributed by atoms with E-state index < -0.39 is 28.2 Å².